The number of hydrogen-bond acceptors (Lipinski definition) is 2. The lowest BCUT2D eigenvalue weighted by Gasteiger charge is -2.13. The Balaban J connectivity index is 1.77. The van der Waals surface area contributed by atoms with Crippen molar-refractivity contribution in [1.82, 2.24) is 0 Å². The van der Waals surface area contributed by atoms with Gasteiger partial charge in [0, 0.05) is 11.6 Å². The highest BCUT2D eigenvalue weighted by molar-refractivity contribution is 6.14. The maximum absolute atomic E-state index is 14.6. The molecule has 6 heteroatoms. The van der Waals surface area contributed by atoms with E-state index >= 15 is 0 Å². The Morgan fingerprint density at radius 1 is 0.912 bits per heavy atom. The number of carbonyl (C=O) groups is 2. The van der Waals surface area contributed by atoms with Crippen molar-refractivity contribution < 1.29 is 23.5 Å². The van der Waals surface area contributed by atoms with Gasteiger partial charge < -0.3 is 10.4 Å². The molecule has 4 aromatic rings. The van der Waals surface area contributed by atoms with Gasteiger partial charge in [-0.3, -0.25) is 4.79 Å². The maximum atomic E-state index is 14.6. The van der Waals surface area contributed by atoms with Gasteiger partial charge in [-0.2, -0.15) is 0 Å². The number of allylic oxidation sites excluding steroid dienone is 1. The minimum Gasteiger partial charge on any atom is -0.478 e. The smallest absolute Gasteiger partial charge is 0.328 e. The fraction of sp³-hybridized carbons (Fsp3) is 0.0714. The van der Waals surface area contributed by atoms with Gasteiger partial charge >= 0.3 is 5.97 Å². The van der Waals surface area contributed by atoms with Crippen molar-refractivity contribution >= 4 is 33.9 Å². The van der Waals surface area contributed by atoms with Crippen LogP contribution in [0.1, 0.15) is 29.3 Å². The van der Waals surface area contributed by atoms with Crippen LogP contribution in [0.5, 0.6) is 0 Å². The van der Waals surface area contributed by atoms with E-state index < -0.39 is 23.5 Å². The van der Waals surface area contributed by atoms with E-state index in [1.807, 2.05) is 18.2 Å². The van der Waals surface area contributed by atoms with Gasteiger partial charge in [0.15, 0.2) is 0 Å². The molecule has 34 heavy (non-hydrogen) atoms. The fourth-order valence-corrected chi connectivity index (χ4v) is 3.88. The predicted octanol–water partition coefficient (Wildman–Crippen LogP) is 6.92. The molecule has 0 aliphatic carbocycles. The lowest BCUT2D eigenvalue weighted by atomic mass is 9.96. The Morgan fingerprint density at radius 3 is 2.44 bits per heavy atom. The van der Waals surface area contributed by atoms with Gasteiger partial charge in [0.05, 0.1) is 5.69 Å². The number of carboxylic acid groups (broad SMARTS) is 1. The summed E-state index contributed by atoms with van der Waals surface area (Å²) in [6, 6.07) is 20.9. The summed E-state index contributed by atoms with van der Waals surface area (Å²) in [5, 5.41) is 13.1. The summed E-state index contributed by atoms with van der Waals surface area (Å²) < 4.78 is 28.4. The van der Waals surface area contributed by atoms with Crippen molar-refractivity contribution in [3.8, 4) is 11.1 Å². The molecular weight excluding hydrogens is 436 g/mol. The number of amides is 1. The van der Waals surface area contributed by atoms with Crippen LogP contribution in [-0.2, 0) is 4.79 Å². The van der Waals surface area contributed by atoms with Crippen LogP contribution in [0.15, 0.2) is 84.9 Å². The summed E-state index contributed by atoms with van der Waals surface area (Å²) in [7, 11) is 0. The Morgan fingerprint density at radius 2 is 1.71 bits per heavy atom. The molecule has 0 heterocycles. The highest BCUT2D eigenvalue weighted by Crippen LogP contribution is 2.30. The van der Waals surface area contributed by atoms with E-state index in [0.29, 0.717) is 39.6 Å². The highest BCUT2D eigenvalue weighted by atomic mass is 19.1. The zero-order valence-corrected chi connectivity index (χ0v) is 18.3. The van der Waals surface area contributed by atoms with Crippen LogP contribution >= 0.6 is 0 Å². The number of carbonyl (C=O) groups excluding carboxylic acids is 1. The maximum Gasteiger partial charge on any atom is 0.328 e. The molecule has 0 fully saturated rings. The largest absolute Gasteiger partial charge is 0.478 e. The summed E-state index contributed by atoms with van der Waals surface area (Å²) in [4.78, 5) is 24.4. The van der Waals surface area contributed by atoms with Crippen molar-refractivity contribution in [1.29, 1.82) is 0 Å². The van der Waals surface area contributed by atoms with Crippen LogP contribution in [0.4, 0.5) is 14.5 Å². The van der Waals surface area contributed by atoms with E-state index in [0.717, 1.165) is 11.5 Å². The fourth-order valence-electron chi connectivity index (χ4n) is 3.88. The molecule has 4 aromatic carbocycles. The van der Waals surface area contributed by atoms with E-state index in [4.69, 9.17) is 5.11 Å². The summed E-state index contributed by atoms with van der Waals surface area (Å²) in [6.45, 7) is 1.79. The number of carboxylic acids is 1. The molecule has 0 radical (unpaired) electrons. The van der Waals surface area contributed by atoms with E-state index in [2.05, 4.69) is 5.32 Å². The number of rotatable bonds is 6. The van der Waals surface area contributed by atoms with Crippen LogP contribution in [0.3, 0.4) is 0 Å². The van der Waals surface area contributed by atoms with Crippen LogP contribution < -0.4 is 5.32 Å². The first-order chi connectivity index (χ1) is 16.4. The molecule has 0 atom stereocenters. The van der Waals surface area contributed by atoms with Gasteiger partial charge in [0.2, 0.25) is 0 Å². The first-order valence-electron chi connectivity index (χ1n) is 10.7. The minimum atomic E-state index is -1.10. The number of benzene rings is 4. The summed E-state index contributed by atoms with van der Waals surface area (Å²) in [5.74, 6) is -2.68. The molecular formula is C28H21F2NO3. The lowest BCUT2D eigenvalue weighted by molar-refractivity contribution is -0.131. The molecule has 0 saturated carbocycles. The zero-order chi connectivity index (χ0) is 24.2. The molecule has 0 unspecified atom stereocenters. The Labute approximate surface area is 195 Å². The molecule has 0 aromatic heterocycles. The zero-order valence-electron chi connectivity index (χ0n) is 18.3. The number of nitrogens with one attached hydrogen (secondary N) is 1. The third kappa shape index (κ3) is 4.86. The van der Waals surface area contributed by atoms with Crippen LogP contribution in [0.25, 0.3) is 27.5 Å². The van der Waals surface area contributed by atoms with Crippen LogP contribution in [-0.4, -0.2) is 17.0 Å². The van der Waals surface area contributed by atoms with Crippen molar-refractivity contribution in [2.45, 2.75) is 13.3 Å². The van der Waals surface area contributed by atoms with Crippen molar-refractivity contribution in [3.63, 3.8) is 0 Å². The molecule has 0 aliphatic heterocycles. The number of aliphatic carboxylic acids is 1. The molecule has 1 amide bonds. The Kier molecular flexibility index (Phi) is 6.50. The van der Waals surface area contributed by atoms with Gasteiger partial charge in [-0.15, -0.1) is 0 Å². The number of halogens is 2. The van der Waals surface area contributed by atoms with Crippen molar-refractivity contribution in [2.75, 3.05) is 5.32 Å². The Hall–Kier alpha value is -4.32. The van der Waals surface area contributed by atoms with Crippen LogP contribution in [0.2, 0.25) is 0 Å². The van der Waals surface area contributed by atoms with Gasteiger partial charge in [0.25, 0.3) is 5.91 Å². The van der Waals surface area contributed by atoms with Gasteiger partial charge in [0.1, 0.15) is 11.6 Å². The average Bonchev–Trinajstić information content (AvgIpc) is 2.83. The van der Waals surface area contributed by atoms with E-state index in [1.54, 1.807) is 37.3 Å². The second kappa shape index (κ2) is 9.67. The second-order valence-corrected chi connectivity index (χ2v) is 7.77. The van der Waals surface area contributed by atoms with E-state index in [-0.39, 0.29) is 5.69 Å². The normalized spacial score (nSPS) is 11.4. The first kappa shape index (κ1) is 22.9. The third-order valence-corrected chi connectivity index (χ3v) is 5.53. The van der Waals surface area contributed by atoms with Crippen molar-refractivity contribution in [2.24, 2.45) is 0 Å². The van der Waals surface area contributed by atoms with E-state index in [9.17, 15) is 18.4 Å². The summed E-state index contributed by atoms with van der Waals surface area (Å²) in [6.07, 6.45) is 1.49. The molecule has 4 nitrogen and oxygen atoms in total. The number of anilines is 1. The molecule has 0 saturated heterocycles. The van der Waals surface area contributed by atoms with Gasteiger partial charge in [-0.05, 0) is 75.9 Å². The van der Waals surface area contributed by atoms with Gasteiger partial charge in [-0.25, -0.2) is 13.6 Å². The first-order valence-corrected chi connectivity index (χ1v) is 10.7. The molecule has 2 N–H and O–H groups in total. The summed E-state index contributed by atoms with van der Waals surface area (Å²) >= 11 is 0. The molecule has 0 bridgehead atoms. The molecule has 170 valence electrons. The monoisotopic (exact) mass is 457 g/mol. The average molecular weight is 457 g/mol. The third-order valence-electron chi connectivity index (χ3n) is 5.53. The Bertz CT molecular complexity index is 1440. The molecule has 4 rings (SSSR count). The minimum absolute atomic E-state index is 0.0625. The molecule has 0 aliphatic rings. The van der Waals surface area contributed by atoms with E-state index in [1.165, 1.54) is 30.3 Å². The summed E-state index contributed by atoms with van der Waals surface area (Å²) in [5.41, 5.74) is 2.50. The standard InChI is InChI=1S/C28H21F2NO3/c1-2-17(16-27(32)33)19-10-11-25(30)26(15-19)31-28(34)24-14-21(18-7-5-8-22(29)13-18)12-20-6-3-4-9-23(20)24/h3-16H,2H2,1H3,(H,31,34)(H,32,33)/b17-16+. The highest BCUT2D eigenvalue weighted by Gasteiger charge is 2.16. The number of hydrogen-bond donors (Lipinski definition) is 2. The quantitative estimate of drug-likeness (QED) is 0.309. The van der Waals surface area contributed by atoms with Crippen LogP contribution in [0, 0.1) is 11.6 Å². The van der Waals surface area contributed by atoms with Gasteiger partial charge in [-0.1, -0.05) is 49.4 Å². The van der Waals surface area contributed by atoms with Crippen molar-refractivity contribution in [3.05, 3.63) is 108 Å². The topological polar surface area (TPSA) is 66.4 Å². The lowest BCUT2D eigenvalue weighted by Crippen LogP contribution is -2.14. The second-order valence-electron chi connectivity index (χ2n) is 7.77. The predicted molar refractivity (Wildman–Crippen MR) is 130 cm³/mol. The molecule has 0 spiro atoms. The number of fused-ring (bicyclic) bond motifs is 1. The SMILES string of the molecule is CC/C(=C\C(=O)O)c1ccc(F)c(NC(=O)c2cc(-c3cccc(F)c3)cc3ccccc23)c1.